The molecule has 6 heteroatoms. The number of amides is 1. The summed E-state index contributed by atoms with van der Waals surface area (Å²) in [6, 6.07) is 1.75. The summed E-state index contributed by atoms with van der Waals surface area (Å²) in [5, 5.41) is 0. The second-order valence-corrected chi connectivity index (χ2v) is 5.09. The molecule has 0 unspecified atom stereocenters. The molecule has 3 atom stereocenters. The van der Waals surface area contributed by atoms with Crippen molar-refractivity contribution in [2.24, 2.45) is 0 Å². The Morgan fingerprint density at radius 2 is 2.50 bits per heavy atom. The van der Waals surface area contributed by atoms with Gasteiger partial charge in [-0.15, -0.1) is 0 Å². The minimum atomic E-state index is -0.0601. The summed E-state index contributed by atoms with van der Waals surface area (Å²) in [5.74, 6) is -0.0601. The lowest BCUT2D eigenvalue weighted by Gasteiger charge is -2.31. The summed E-state index contributed by atoms with van der Waals surface area (Å²) in [4.78, 5) is 22.3. The van der Waals surface area contributed by atoms with Crippen LogP contribution in [0.15, 0.2) is 18.6 Å². The molecule has 2 aliphatic rings. The maximum atomic E-state index is 12.6. The topological polar surface area (TPSA) is 64.5 Å². The number of nitrogens with zero attached hydrogens (tertiary/aromatic N) is 3. The number of ether oxygens (including phenoxy) is 2. The van der Waals surface area contributed by atoms with E-state index in [0.717, 1.165) is 19.4 Å². The van der Waals surface area contributed by atoms with Crippen molar-refractivity contribution in [2.75, 3.05) is 19.8 Å². The molecule has 0 saturated carbocycles. The van der Waals surface area contributed by atoms with E-state index in [-0.39, 0.29) is 24.2 Å². The van der Waals surface area contributed by atoms with E-state index in [1.165, 1.54) is 6.33 Å². The minimum Gasteiger partial charge on any atom is -0.374 e. The highest BCUT2D eigenvalue weighted by atomic mass is 16.5. The molecular formula is C14H19N3O3. The Balaban J connectivity index is 1.80. The molecule has 2 saturated heterocycles. The Labute approximate surface area is 118 Å². The molecule has 0 aliphatic carbocycles. The molecule has 2 fully saturated rings. The molecule has 108 valence electrons. The average Bonchev–Trinajstić information content (AvgIpc) is 2.87. The molecular weight excluding hydrogens is 258 g/mol. The summed E-state index contributed by atoms with van der Waals surface area (Å²) in [5.41, 5.74) is 0.432. The van der Waals surface area contributed by atoms with Crippen LogP contribution in [0.4, 0.5) is 0 Å². The van der Waals surface area contributed by atoms with Gasteiger partial charge in [0.2, 0.25) is 0 Å². The molecule has 0 radical (unpaired) electrons. The first kappa shape index (κ1) is 13.5. The third-order valence-electron chi connectivity index (χ3n) is 3.92. The lowest BCUT2D eigenvalue weighted by Crippen LogP contribution is -2.44. The second-order valence-electron chi connectivity index (χ2n) is 5.09. The zero-order chi connectivity index (χ0) is 13.9. The molecule has 2 aliphatic heterocycles. The van der Waals surface area contributed by atoms with Crippen LogP contribution in [0.1, 0.15) is 30.3 Å². The normalized spacial score (nSPS) is 29.2. The van der Waals surface area contributed by atoms with Gasteiger partial charge >= 0.3 is 0 Å². The van der Waals surface area contributed by atoms with E-state index in [1.807, 2.05) is 11.8 Å². The van der Waals surface area contributed by atoms with Gasteiger partial charge in [-0.3, -0.25) is 4.79 Å². The van der Waals surface area contributed by atoms with Gasteiger partial charge in [-0.1, -0.05) is 0 Å². The molecule has 6 nitrogen and oxygen atoms in total. The Hall–Kier alpha value is -1.53. The molecule has 0 aromatic carbocycles. The first-order valence-electron chi connectivity index (χ1n) is 7.11. The molecule has 20 heavy (non-hydrogen) atoms. The molecule has 1 aromatic rings. The highest BCUT2D eigenvalue weighted by Gasteiger charge is 2.46. The fourth-order valence-corrected chi connectivity index (χ4v) is 3.07. The highest BCUT2D eigenvalue weighted by molar-refractivity contribution is 5.92. The number of fused-ring (bicyclic) bond motifs is 1. The first-order chi connectivity index (χ1) is 9.81. The summed E-state index contributed by atoms with van der Waals surface area (Å²) < 4.78 is 11.6. The van der Waals surface area contributed by atoms with Crippen molar-refractivity contribution in [3.8, 4) is 0 Å². The van der Waals surface area contributed by atoms with Crippen molar-refractivity contribution in [3.05, 3.63) is 24.3 Å². The molecule has 1 aromatic heterocycles. The van der Waals surface area contributed by atoms with Crippen LogP contribution in [0.3, 0.4) is 0 Å². The lowest BCUT2D eigenvalue weighted by atomic mass is 10.0. The van der Waals surface area contributed by atoms with Gasteiger partial charge in [-0.25, -0.2) is 9.97 Å². The minimum absolute atomic E-state index is 0.00510. The Morgan fingerprint density at radius 3 is 3.25 bits per heavy atom. The quantitative estimate of drug-likeness (QED) is 0.821. The van der Waals surface area contributed by atoms with Crippen LogP contribution < -0.4 is 0 Å². The number of likely N-dealkylation sites (tertiary alicyclic amines) is 1. The predicted octanol–water partition coefficient (Wildman–Crippen LogP) is 0.885. The van der Waals surface area contributed by atoms with Crippen LogP contribution in [0.2, 0.25) is 0 Å². The monoisotopic (exact) mass is 277 g/mol. The maximum Gasteiger partial charge on any atom is 0.273 e. The standard InChI is InChI=1S/C14H19N3O3/c1-2-19-12-8-17(11-4-3-7-20-13(11)12)14(18)10-5-6-15-9-16-10/h5-6,9,11-13H,2-4,7-8H2,1H3/t11-,12+,13+/m0/s1. The van der Waals surface area contributed by atoms with Crippen LogP contribution in [0.25, 0.3) is 0 Å². The van der Waals surface area contributed by atoms with E-state index in [0.29, 0.717) is 18.8 Å². The Morgan fingerprint density at radius 1 is 1.60 bits per heavy atom. The third-order valence-corrected chi connectivity index (χ3v) is 3.92. The van der Waals surface area contributed by atoms with Gasteiger partial charge in [-0.05, 0) is 25.8 Å². The van der Waals surface area contributed by atoms with Gasteiger partial charge in [0.15, 0.2) is 0 Å². The number of carbonyl (C=O) groups is 1. The van der Waals surface area contributed by atoms with Crippen LogP contribution in [-0.4, -0.2) is 58.8 Å². The summed E-state index contributed by atoms with van der Waals surface area (Å²) in [6.07, 6.45) is 4.90. The van der Waals surface area contributed by atoms with Crippen LogP contribution in [-0.2, 0) is 9.47 Å². The molecule has 0 spiro atoms. The van der Waals surface area contributed by atoms with Crippen LogP contribution >= 0.6 is 0 Å². The zero-order valence-corrected chi connectivity index (χ0v) is 11.6. The zero-order valence-electron chi connectivity index (χ0n) is 11.6. The molecule has 3 heterocycles. The number of rotatable bonds is 3. The fourth-order valence-electron chi connectivity index (χ4n) is 3.07. The molecule has 3 rings (SSSR count). The van der Waals surface area contributed by atoms with Gasteiger partial charge in [-0.2, -0.15) is 0 Å². The lowest BCUT2D eigenvalue weighted by molar-refractivity contribution is -0.0737. The van der Waals surface area contributed by atoms with E-state index < -0.39 is 0 Å². The SMILES string of the molecule is CCO[C@@H]1CN(C(=O)c2ccncn2)[C@H]2CCCO[C@@H]12. The Kier molecular flexibility index (Phi) is 3.93. The van der Waals surface area contributed by atoms with Gasteiger partial charge in [0.1, 0.15) is 24.2 Å². The van der Waals surface area contributed by atoms with Gasteiger partial charge in [0, 0.05) is 19.4 Å². The van der Waals surface area contributed by atoms with E-state index in [4.69, 9.17) is 9.47 Å². The highest BCUT2D eigenvalue weighted by Crippen LogP contribution is 2.31. The third kappa shape index (κ3) is 2.41. The van der Waals surface area contributed by atoms with Crippen molar-refractivity contribution in [3.63, 3.8) is 0 Å². The van der Waals surface area contributed by atoms with E-state index >= 15 is 0 Å². The van der Waals surface area contributed by atoms with Crippen LogP contribution in [0, 0.1) is 0 Å². The van der Waals surface area contributed by atoms with Crippen LogP contribution in [0.5, 0.6) is 0 Å². The largest absolute Gasteiger partial charge is 0.374 e. The Bertz CT molecular complexity index is 468. The predicted molar refractivity (Wildman–Crippen MR) is 71.2 cm³/mol. The first-order valence-corrected chi connectivity index (χ1v) is 7.11. The second kappa shape index (κ2) is 5.85. The summed E-state index contributed by atoms with van der Waals surface area (Å²) in [6.45, 7) is 3.92. The van der Waals surface area contributed by atoms with Crippen molar-refractivity contribution in [1.29, 1.82) is 0 Å². The van der Waals surface area contributed by atoms with E-state index in [9.17, 15) is 4.79 Å². The summed E-state index contributed by atoms with van der Waals surface area (Å²) >= 11 is 0. The van der Waals surface area contributed by atoms with Gasteiger partial charge < -0.3 is 14.4 Å². The van der Waals surface area contributed by atoms with Gasteiger partial charge in [0.05, 0.1) is 12.6 Å². The number of carbonyl (C=O) groups excluding carboxylic acids is 1. The van der Waals surface area contributed by atoms with Crippen molar-refractivity contribution < 1.29 is 14.3 Å². The number of aromatic nitrogens is 2. The average molecular weight is 277 g/mol. The molecule has 0 N–H and O–H groups in total. The van der Waals surface area contributed by atoms with Crippen molar-refractivity contribution >= 4 is 5.91 Å². The maximum absolute atomic E-state index is 12.6. The number of hydrogen-bond donors (Lipinski definition) is 0. The molecule has 0 bridgehead atoms. The van der Waals surface area contributed by atoms with Gasteiger partial charge in [0.25, 0.3) is 5.91 Å². The van der Waals surface area contributed by atoms with Crippen molar-refractivity contribution in [1.82, 2.24) is 14.9 Å². The smallest absolute Gasteiger partial charge is 0.273 e. The van der Waals surface area contributed by atoms with E-state index in [1.54, 1.807) is 12.3 Å². The molecule has 1 amide bonds. The number of hydrogen-bond acceptors (Lipinski definition) is 5. The fraction of sp³-hybridized carbons (Fsp3) is 0.643. The van der Waals surface area contributed by atoms with Crippen molar-refractivity contribution in [2.45, 2.75) is 38.0 Å². The van der Waals surface area contributed by atoms with E-state index in [2.05, 4.69) is 9.97 Å². The summed E-state index contributed by atoms with van der Waals surface area (Å²) in [7, 11) is 0.